The topological polar surface area (TPSA) is 87.3 Å². The first-order valence-electron chi connectivity index (χ1n) is 8.17. The SMILES string of the molecule is O=C(N[C@@H]1CCCC(F)(F)C1)O[C@@H]1CCN(c2cn[nH]c(=O)c2Cl)C1. The lowest BCUT2D eigenvalue weighted by atomic mass is 9.92. The van der Waals surface area contributed by atoms with E-state index in [-0.39, 0.29) is 17.9 Å². The molecule has 3 rings (SSSR count). The fraction of sp³-hybridized carbons (Fsp3) is 0.667. The molecule has 10 heteroatoms. The highest BCUT2D eigenvalue weighted by molar-refractivity contribution is 6.33. The average molecular weight is 377 g/mol. The smallest absolute Gasteiger partial charge is 0.407 e. The lowest BCUT2D eigenvalue weighted by Gasteiger charge is -2.29. The van der Waals surface area contributed by atoms with Gasteiger partial charge in [-0.15, -0.1) is 0 Å². The highest BCUT2D eigenvalue weighted by Gasteiger charge is 2.37. The molecule has 1 saturated heterocycles. The number of carbonyl (C=O) groups is 1. The van der Waals surface area contributed by atoms with Gasteiger partial charge in [-0.25, -0.2) is 18.7 Å². The third kappa shape index (κ3) is 4.39. The zero-order chi connectivity index (χ0) is 18.0. The molecule has 1 amide bonds. The van der Waals surface area contributed by atoms with Crippen molar-refractivity contribution in [3.05, 3.63) is 21.6 Å². The Morgan fingerprint density at radius 2 is 2.28 bits per heavy atom. The van der Waals surface area contributed by atoms with E-state index < -0.39 is 29.7 Å². The van der Waals surface area contributed by atoms with E-state index in [0.717, 1.165) is 0 Å². The molecule has 2 aliphatic rings. The van der Waals surface area contributed by atoms with E-state index >= 15 is 0 Å². The molecule has 1 aliphatic heterocycles. The van der Waals surface area contributed by atoms with Gasteiger partial charge in [0.1, 0.15) is 11.1 Å². The number of carbonyl (C=O) groups excluding carboxylic acids is 1. The maximum Gasteiger partial charge on any atom is 0.407 e. The molecule has 1 saturated carbocycles. The van der Waals surface area contributed by atoms with Crippen LogP contribution < -0.4 is 15.8 Å². The molecule has 0 aromatic carbocycles. The van der Waals surface area contributed by atoms with Gasteiger partial charge in [0.25, 0.3) is 5.56 Å². The molecule has 0 unspecified atom stereocenters. The molecule has 2 heterocycles. The number of anilines is 1. The standard InChI is InChI=1S/C15H19ClF2N4O3/c16-12-11(7-19-21-13(12)23)22-5-3-10(8-22)25-14(24)20-9-2-1-4-15(17,18)6-9/h7,9-10H,1-6,8H2,(H,20,24)(H,21,23)/t9-,10-/m1/s1. The van der Waals surface area contributed by atoms with Crippen molar-refractivity contribution < 1.29 is 18.3 Å². The summed E-state index contributed by atoms with van der Waals surface area (Å²) in [6.45, 7) is 0.906. The van der Waals surface area contributed by atoms with Crippen LogP contribution >= 0.6 is 11.6 Å². The van der Waals surface area contributed by atoms with Crippen LogP contribution in [0.3, 0.4) is 0 Å². The Labute approximate surface area is 147 Å². The number of aromatic nitrogens is 2. The number of halogens is 3. The number of nitrogens with zero attached hydrogens (tertiary/aromatic N) is 2. The summed E-state index contributed by atoms with van der Waals surface area (Å²) in [5.41, 5.74) is -0.0108. The van der Waals surface area contributed by atoms with Crippen LogP contribution in [-0.4, -0.2) is 47.4 Å². The normalized spacial score (nSPS) is 25.6. The minimum atomic E-state index is -2.73. The summed E-state index contributed by atoms with van der Waals surface area (Å²) in [4.78, 5) is 25.3. The molecule has 1 aromatic rings. The molecular formula is C15H19ClF2N4O3. The predicted molar refractivity (Wildman–Crippen MR) is 87.3 cm³/mol. The van der Waals surface area contributed by atoms with Crippen molar-refractivity contribution in [2.45, 2.75) is 50.2 Å². The number of alkyl carbamates (subject to hydrolysis) is 1. The summed E-state index contributed by atoms with van der Waals surface area (Å²) in [5.74, 6) is -2.73. The summed E-state index contributed by atoms with van der Waals surface area (Å²) in [7, 11) is 0. The molecule has 0 spiro atoms. The molecule has 0 radical (unpaired) electrons. The van der Waals surface area contributed by atoms with Crippen LogP contribution in [-0.2, 0) is 4.74 Å². The van der Waals surface area contributed by atoms with Gasteiger partial charge in [0.2, 0.25) is 5.92 Å². The van der Waals surface area contributed by atoms with Gasteiger partial charge in [0.05, 0.1) is 18.4 Å². The summed E-state index contributed by atoms with van der Waals surface area (Å²) in [6.07, 6.45) is 1.31. The molecule has 2 N–H and O–H groups in total. The Balaban J connectivity index is 1.52. The lowest BCUT2D eigenvalue weighted by Crippen LogP contribution is -2.43. The number of aromatic amines is 1. The number of amides is 1. The highest BCUT2D eigenvalue weighted by atomic mass is 35.5. The molecule has 25 heavy (non-hydrogen) atoms. The number of H-pyrrole nitrogens is 1. The Morgan fingerprint density at radius 1 is 1.48 bits per heavy atom. The van der Waals surface area contributed by atoms with Crippen LogP contribution in [0.5, 0.6) is 0 Å². The number of hydrogen-bond acceptors (Lipinski definition) is 5. The van der Waals surface area contributed by atoms with Gasteiger partial charge in [-0.1, -0.05) is 11.6 Å². The van der Waals surface area contributed by atoms with Crippen LogP contribution in [0.15, 0.2) is 11.0 Å². The molecule has 1 aliphatic carbocycles. The van der Waals surface area contributed by atoms with Crippen LogP contribution in [0.25, 0.3) is 0 Å². The first-order chi connectivity index (χ1) is 11.8. The second kappa shape index (κ2) is 7.15. The van der Waals surface area contributed by atoms with Crippen LogP contribution in [0.4, 0.5) is 19.3 Å². The lowest BCUT2D eigenvalue weighted by molar-refractivity contribution is -0.0439. The van der Waals surface area contributed by atoms with Gasteiger partial charge >= 0.3 is 6.09 Å². The number of nitrogens with one attached hydrogen (secondary N) is 2. The van der Waals surface area contributed by atoms with Crippen molar-refractivity contribution in [3.63, 3.8) is 0 Å². The van der Waals surface area contributed by atoms with E-state index in [1.807, 2.05) is 0 Å². The van der Waals surface area contributed by atoms with Crippen LogP contribution in [0.2, 0.25) is 5.02 Å². The fourth-order valence-electron chi connectivity index (χ4n) is 3.28. The average Bonchev–Trinajstić information content (AvgIpc) is 2.97. The van der Waals surface area contributed by atoms with Crippen molar-refractivity contribution in [1.82, 2.24) is 15.5 Å². The maximum atomic E-state index is 13.4. The molecule has 1 aromatic heterocycles. The fourth-order valence-corrected chi connectivity index (χ4v) is 3.50. The predicted octanol–water partition coefficient (Wildman–Crippen LogP) is 2.31. The molecule has 138 valence electrons. The van der Waals surface area contributed by atoms with Gasteiger partial charge in [-0.05, 0) is 12.8 Å². The van der Waals surface area contributed by atoms with Gasteiger partial charge < -0.3 is 15.0 Å². The van der Waals surface area contributed by atoms with Gasteiger partial charge in [-0.2, -0.15) is 5.10 Å². The van der Waals surface area contributed by atoms with Crippen molar-refractivity contribution in [2.75, 3.05) is 18.0 Å². The Hall–Kier alpha value is -1.90. The number of hydrogen-bond donors (Lipinski definition) is 2. The maximum absolute atomic E-state index is 13.4. The quantitative estimate of drug-likeness (QED) is 0.845. The van der Waals surface area contributed by atoms with E-state index in [4.69, 9.17) is 16.3 Å². The van der Waals surface area contributed by atoms with E-state index in [0.29, 0.717) is 38.0 Å². The summed E-state index contributed by atoms with van der Waals surface area (Å²) in [6, 6.07) is -0.569. The van der Waals surface area contributed by atoms with Crippen molar-refractivity contribution >= 4 is 23.4 Å². The minimum absolute atomic E-state index is 0.0320. The number of ether oxygens (including phenoxy) is 1. The van der Waals surface area contributed by atoms with Crippen LogP contribution in [0.1, 0.15) is 32.1 Å². The summed E-state index contributed by atoms with van der Waals surface area (Å²) in [5, 5.41) is 8.51. The molecule has 2 fully saturated rings. The second-order valence-corrected chi connectivity index (χ2v) is 6.83. The monoisotopic (exact) mass is 376 g/mol. The summed E-state index contributed by atoms with van der Waals surface area (Å²) >= 11 is 5.97. The Morgan fingerprint density at radius 3 is 3.04 bits per heavy atom. The third-order valence-electron chi connectivity index (χ3n) is 4.50. The molecule has 0 bridgehead atoms. The minimum Gasteiger partial charge on any atom is -0.444 e. The zero-order valence-corrected chi connectivity index (χ0v) is 14.2. The van der Waals surface area contributed by atoms with E-state index in [1.165, 1.54) is 6.20 Å². The Bertz CT molecular complexity index is 700. The van der Waals surface area contributed by atoms with E-state index in [9.17, 15) is 18.4 Å². The Kier molecular flexibility index (Phi) is 5.12. The van der Waals surface area contributed by atoms with Crippen molar-refractivity contribution in [2.24, 2.45) is 0 Å². The van der Waals surface area contributed by atoms with Gasteiger partial charge in [0, 0.05) is 31.8 Å². The van der Waals surface area contributed by atoms with E-state index in [2.05, 4.69) is 15.5 Å². The second-order valence-electron chi connectivity index (χ2n) is 6.45. The number of rotatable bonds is 3. The largest absolute Gasteiger partial charge is 0.444 e. The van der Waals surface area contributed by atoms with E-state index in [1.54, 1.807) is 4.90 Å². The third-order valence-corrected chi connectivity index (χ3v) is 4.86. The first-order valence-corrected chi connectivity index (χ1v) is 8.55. The highest BCUT2D eigenvalue weighted by Crippen LogP contribution is 2.33. The van der Waals surface area contributed by atoms with Crippen molar-refractivity contribution in [1.29, 1.82) is 0 Å². The van der Waals surface area contributed by atoms with Gasteiger partial charge in [0.15, 0.2) is 0 Å². The molecule has 7 nitrogen and oxygen atoms in total. The van der Waals surface area contributed by atoms with Crippen molar-refractivity contribution in [3.8, 4) is 0 Å². The number of alkyl halides is 2. The van der Waals surface area contributed by atoms with Gasteiger partial charge in [-0.3, -0.25) is 4.79 Å². The molecular weight excluding hydrogens is 358 g/mol. The summed E-state index contributed by atoms with van der Waals surface area (Å²) < 4.78 is 32.1. The van der Waals surface area contributed by atoms with Crippen LogP contribution in [0, 0.1) is 0 Å². The first kappa shape index (κ1) is 17.9. The zero-order valence-electron chi connectivity index (χ0n) is 13.4. The molecule has 2 atom stereocenters.